The Hall–Kier alpha value is -1.30. The number of aliphatic hydroxyl groups is 1. The van der Waals surface area contributed by atoms with E-state index in [2.05, 4.69) is 10.6 Å². The molecule has 0 saturated heterocycles. The van der Waals surface area contributed by atoms with E-state index in [0.717, 1.165) is 6.42 Å². The maximum atomic E-state index is 12.1. The van der Waals surface area contributed by atoms with Crippen LogP contribution < -0.4 is 16.4 Å². The Morgan fingerprint density at radius 1 is 1.22 bits per heavy atom. The second-order valence-electron chi connectivity index (χ2n) is 4.91. The number of aliphatic hydroxyl groups excluding tert-OH is 1. The molecule has 0 aliphatic heterocycles. The number of hydrogen-bond donors (Lipinski definition) is 4. The highest BCUT2D eigenvalue weighted by atomic mass is 16.3. The molecule has 18 heavy (non-hydrogen) atoms. The number of nitrogens with one attached hydrogen (secondary N) is 2. The third-order valence-corrected chi connectivity index (χ3v) is 3.12. The number of carbonyl (C=O) groups excluding carboxylic acids is 2. The quantitative estimate of drug-likeness (QED) is 0.525. The van der Waals surface area contributed by atoms with E-state index in [4.69, 9.17) is 5.73 Å². The lowest BCUT2D eigenvalue weighted by Crippen LogP contribution is -2.55. The maximum absolute atomic E-state index is 12.1. The summed E-state index contributed by atoms with van der Waals surface area (Å²) in [6.07, 6.45) is 0.740. The van der Waals surface area contributed by atoms with Crippen molar-refractivity contribution in [2.45, 2.75) is 46.2 Å². The Morgan fingerprint density at radius 2 is 1.78 bits per heavy atom. The minimum Gasteiger partial charge on any atom is -0.394 e. The van der Waals surface area contributed by atoms with E-state index in [0.29, 0.717) is 0 Å². The highest BCUT2D eigenvalue weighted by Crippen LogP contribution is 2.09. The third kappa shape index (κ3) is 5.35. The molecule has 0 aromatic carbocycles. The van der Waals surface area contributed by atoms with Crippen LogP contribution in [-0.4, -0.2) is 35.7 Å². The van der Waals surface area contributed by atoms with Crippen molar-refractivity contribution in [2.24, 2.45) is 17.6 Å². The monoisotopic (exact) mass is 259 g/mol. The number of primary amides is 1. The molecule has 0 spiro atoms. The average Bonchev–Trinajstić information content (AvgIpc) is 2.30. The van der Waals surface area contributed by atoms with Gasteiger partial charge in [-0.3, -0.25) is 4.79 Å². The molecule has 0 aromatic rings. The molecule has 0 rings (SSSR count). The third-order valence-electron chi connectivity index (χ3n) is 3.12. The number of hydrogen-bond acceptors (Lipinski definition) is 3. The predicted octanol–water partition coefficient (Wildman–Crippen LogP) is 0.203. The van der Waals surface area contributed by atoms with E-state index < -0.39 is 12.1 Å². The maximum Gasteiger partial charge on any atom is 0.312 e. The lowest BCUT2D eigenvalue weighted by atomic mass is 9.97. The molecule has 0 bridgehead atoms. The first-order chi connectivity index (χ1) is 8.33. The molecule has 0 aliphatic carbocycles. The van der Waals surface area contributed by atoms with E-state index in [-0.39, 0.29) is 30.4 Å². The van der Waals surface area contributed by atoms with Gasteiger partial charge < -0.3 is 21.5 Å². The molecule has 0 saturated carbocycles. The van der Waals surface area contributed by atoms with Crippen LogP contribution in [0.2, 0.25) is 0 Å². The van der Waals surface area contributed by atoms with Gasteiger partial charge in [-0.25, -0.2) is 4.79 Å². The first-order valence-electron chi connectivity index (χ1n) is 6.30. The highest BCUT2D eigenvalue weighted by Gasteiger charge is 2.27. The number of urea groups is 1. The molecule has 2 unspecified atom stereocenters. The van der Waals surface area contributed by atoms with Gasteiger partial charge in [0.15, 0.2) is 0 Å². The molecule has 6 nitrogen and oxygen atoms in total. The molecule has 106 valence electrons. The fourth-order valence-corrected chi connectivity index (χ4v) is 1.55. The Bertz CT molecular complexity index is 282. The second kappa shape index (κ2) is 7.92. The largest absolute Gasteiger partial charge is 0.394 e. The Kier molecular flexibility index (Phi) is 7.35. The fourth-order valence-electron chi connectivity index (χ4n) is 1.55. The summed E-state index contributed by atoms with van der Waals surface area (Å²) in [6, 6.07) is -1.71. The van der Waals surface area contributed by atoms with Crippen LogP contribution >= 0.6 is 0 Å². The van der Waals surface area contributed by atoms with Gasteiger partial charge in [0.2, 0.25) is 5.91 Å². The van der Waals surface area contributed by atoms with E-state index in [1.54, 1.807) is 0 Å². The van der Waals surface area contributed by atoms with Crippen molar-refractivity contribution in [1.29, 1.82) is 0 Å². The summed E-state index contributed by atoms with van der Waals surface area (Å²) < 4.78 is 0. The zero-order valence-corrected chi connectivity index (χ0v) is 11.6. The van der Waals surface area contributed by atoms with Gasteiger partial charge in [0.05, 0.1) is 12.6 Å². The Labute approximate surface area is 108 Å². The van der Waals surface area contributed by atoms with Gasteiger partial charge in [-0.15, -0.1) is 0 Å². The Balaban J connectivity index is 4.69. The molecule has 0 aliphatic rings. The first kappa shape index (κ1) is 16.7. The zero-order valence-electron chi connectivity index (χ0n) is 11.6. The summed E-state index contributed by atoms with van der Waals surface area (Å²) in [5.74, 6) is -0.218. The van der Waals surface area contributed by atoms with Crippen LogP contribution in [0.4, 0.5) is 4.79 Å². The van der Waals surface area contributed by atoms with Crippen LogP contribution in [0, 0.1) is 11.8 Å². The summed E-state index contributed by atoms with van der Waals surface area (Å²) in [4.78, 5) is 23.0. The van der Waals surface area contributed by atoms with Crippen LogP contribution in [0.25, 0.3) is 0 Å². The van der Waals surface area contributed by atoms with Crippen molar-refractivity contribution < 1.29 is 14.7 Å². The average molecular weight is 259 g/mol. The standard InChI is InChI=1S/C12H25N3O3/c1-5-8(4)10(15-12(13)18)11(17)14-9(6-16)7(2)3/h7-10,16H,5-6H2,1-4H3,(H,14,17)(H3,13,15,18)/t8?,9-,10?/m1/s1. The van der Waals surface area contributed by atoms with Gasteiger partial charge >= 0.3 is 6.03 Å². The van der Waals surface area contributed by atoms with Crippen LogP contribution in [0.3, 0.4) is 0 Å². The number of rotatable bonds is 7. The lowest BCUT2D eigenvalue weighted by Gasteiger charge is -2.26. The number of amides is 3. The number of carbonyl (C=O) groups is 2. The molecule has 0 fully saturated rings. The lowest BCUT2D eigenvalue weighted by molar-refractivity contribution is -0.125. The smallest absolute Gasteiger partial charge is 0.312 e. The molecular weight excluding hydrogens is 234 g/mol. The van der Waals surface area contributed by atoms with Crippen LogP contribution in [0.15, 0.2) is 0 Å². The second-order valence-corrected chi connectivity index (χ2v) is 4.91. The van der Waals surface area contributed by atoms with Gasteiger partial charge in [0, 0.05) is 0 Å². The van der Waals surface area contributed by atoms with Gasteiger partial charge in [-0.2, -0.15) is 0 Å². The van der Waals surface area contributed by atoms with Crippen molar-refractivity contribution in [3.05, 3.63) is 0 Å². The SMILES string of the molecule is CCC(C)C(NC(N)=O)C(=O)N[C@H](CO)C(C)C. The fraction of sp³-hybridized carbons (Fsp3) is 0.833. The molecular formula is C12H25N3O3. The van der Waals surface area contributed by atoms with Crippen molar-refractivity contribution in [3.63, 3.8) is 0 Å². The van der Waals surface area contributed by atoms with Crippen molar-refractivity contribution in [2.75, 3.05) is 6.61 Å². The van der Waals surface area contributed by atoms with Crippen molar-refractivity contribution >= 4 is 11.9 Å². The minimum atomic E-state index is -0.722. The zero-order chi connectivity index (χ0) is 14.3. The minimum absolute atomic E-state index is 0.0241. The summed E-state index contributed by atoms with van der Waals surface area (Å²) in [5.41, 5.74) is 5.07. The molecule has 6 heteroatoms. The number of nitrogens with two attached hydrogens (primary N) is 1. The van der Waals surface area contributed by atoms with E-state index in [1.807, 2.05) is 27.7 Å². The molecule has 3 atom stereocenters. The predicted molar refractivity (Wildman–Crippen MR) is 69.8 cm³/mol. The summed E-state index contributed by atoms with van der Waals surface area (Å²) in [6.45, 7) is 7.47. The van der Waals surface area contributed by atoms with Crippen molar-refractivity contribution in [3.8, 4) is 0 Å². The molecule has 0 heterocycles. The van der Waals surface area contributed by atoms with Crippen LogP contribution in [0.5, 0.6) is 0 Å². The van der Waals surface area contributed by atoms with Gasteiger partial charge in [0.25, 0.3) is 0 Å². The van der Waals surface area contributed by atoms with E-state index in [1.165, 1.54) is 0 Å². The first-order valence-corrected chi connectivity index (χ1v) is 6.30. The molecule has 3 amide bonds. The van der Waals surface area contributed by atoms with E-state index >= 15 is 0 Å². The van der Waals surface area contributed by atoms with Gasteiger partial charge in [-0.1, -0.05) is 34.1 Å². The van der Waals surface area contributed by atoms with E-state index in [9.17, 15) is 14.7 Å². The summed E-state index contributed by atoms with van der Waals surface area (Å²) in [7, 11) is 0. The molecule has 0 aromatic heterocycles. The highest BCUT2D eigenvalue weighted by molar-refractivity contribution is 5.87. The van der Waals surface area contributed by atoms with Gasteiger partial charge in [0.1, 0.15) is 6.04 Å². The molecule has 0 radical (unpaired) electrons. The summed E-state index contributed by atoms with van der Waals surface area (Å²) in [5, 5.41) is 14.3. The van der Waals surface area contributed by atoms with Crippen molar-refractivity contribution in [1.82, 2.24) is 10.6 Å². The normalized spacial score (nSPS) is 15.9. The van der Waals surface area contributed by atoms with Gasteiger partial charge in [-0.05, 0) is 11.8 Å². The molecule has 5 N–H and O–H groups in total. The van der Waals surface area contributed by atoms with Crippen LogP contribution in [-0.2, 0) is 4.79 Å². The Morgan fingerprint density at radius 3 is 2.11 bits per heavy atom. The summed E-state index contributed by atoms with van der Waals surface area (Å²) >= 11 is 0. The van der Waals surface area contributed by atoms with Crippen LogP contribution in [0.1, 0.15) is 34.1 Å². The topological polar surface area (TPSA) is 104 Å².